The molecule has 1 unspecified atom stereocenters. The van der Waals surface area contributed by atoms with Gasteiger partial charge in [-0.25, -0.2) is 12.4 Å². The molecule has 1 aromatic heterocycles. The Hall–Kier alpha value is -4.21. The van der Waals surface area contributed by atoms with E-state index in [0.717, 1.165) is 11.1 Å². The van der Waals surface area contributed by atoms with Crippen LogP contribution in [0, 0.1) is 12.3 Å². The highest BCUT2D eigenvalue weighted by Crippen LogP contribution is 2.48. The van der Waals surface area contributed by atoms with Crippen molar-refractivity contribution >= 4 is 32.9 Å². The number of aromatic nitrogens is 1. The molecule has 4 aromatic rings. The minimum Gasteiger partial charge on any atom is -0.468 e. The summed E-state index contributed by atoms with van der Waals surface area (Å²) in [4.78, 5) is 28.8. The second-order valence-corrected chi connectivity index (χ2v) is 12.1. The molecule has 41 heavy (non-hydrogen) atoms. The van der Waals surface area contributed by atoms with Gasteiger partial charge in [-0.1, -0.05) is 72.8 Å². The number of esters is 2. The van der Waals surface area contributed by atoms with E-state index < -0.39 is 33.4 Å². The SMILES string of the molecule is C=C1CN(Cc2ccccc2)C(c2cn(S(=O)(=O)c3ccc(C)cc3)c3ccccc23)CC1(C(=O)OC)C(=O)OC. The average molecular weight is 573 g/mol. The van der Waals surface area contributed by atoms with Crippen LogP contribution in [0.1, 0.15) is 29.2 Å². The van der Waals surface area contributed by atoms with Crippen molar-refractivity contribution in [3.63, 3.8) is 0 Å². The summed E-state index contributed by atoms with van der Waals surface area (Å²) in [7, 11) is -1.51. The summed E-state index contributed by atoms with van der Waals surface area (Å²) in [6.07, 6.45) is 1.58. The average Bonchev–Trinajstić information content (AvgIpc) is 3.38. The largest absolute Gasteiger partial charge is 0.468 e. The van der Waals surface area contributed by atoms with Gasteiger partial charge in [-0.3, -0.25) is 14.5 Å². The van der Waals surface area contributed by atoms with Crippen LogP contribution in [0.25, 0.3) is 10.9 Å². The van der Waals surface area contributed by atoms with Crippen molar-refractivity contribution in [1.82, 2.24) is 8.87 Å². The highest BCUT2D eigenvalue weighted by atomic mass is 32.2. The number of para-hydroxylation sites is 1. The number of ether oxygens (including phenoxy) is 2. The van der Waals surface area contributed by atoms with Crippen LogP contribution in [0.5, 0.6) is 0 Å². The van der Waals surface area contributed by atoms with Crippen LogP contribution in [-0.4, -0.2) is 50.0 Å². The van der Waals surface area contributed by atoms with E-state index >= 15 is 0 Å². The fourth-order valence-corrected chi connectivity index (χ4v) is 7.07. The van der Waals surface area contributed by atoms with Crippen LogP contribution in [0.2, 0.25) is 0 Å². The molecule has 1 saturated heterocycles. The number of piperidine rings is 1. The van der Waals surface area contributed by atoms with E-state index in [1.165, 1.54) is 18.2 Å². The van der Waals surface area contributed by atoms with Gasteiger partial charge in [-0.2, -0.15) is 0 Å². The molecular formula is C32H32N2O6S. The Labute approximate surface area is 239 Å². The van der Waals surface area contributed by atoms with Gasteiger partial charge in [0, 0.05) is 30.7 Å². The third-order valence-electron chi connectivity index (χ3n) is 7.88. The van der Waals surface area contributed by atoms with Gasteiger partial charge >= 0.3 is 11.9 Å². The first kappa shape index (κ1) is 28.3. The van der Waals surface area contributed by atoms with Crippen molar-refractivity contribution in [3.8, 4) is 0 Å². The summed E-state index contributed by atoms with van der Waals surface area (Å²) >= 11 is 0. The van der Waals surface area contributed by atoms with Crippen LogP contribution in [-0.2, 0) is 35.6 Å². The Balaban J connectivity index is 1.71. The molecule has 0 aliphatic carbocycles. The first-order valence-electron chi connectivity index (χ1n) is 13.2. The number of methoxy groups -OCH3 is 2. The quantitative estimate of drug-likeness (QED) is 0.174. The zero-order chi connectivity index (χ0) is 29.4. The van der Waals surface area contributed by atoms with Crippen LogP contribution in [0.3, 0.4) is 0 Å². The zero-order valence-electron chi connectivity index (χ0n) is 23.2. The molecule has 1 fully saturated rings. The Morgan fingerprint density at radius 2 is 1.54 bits per heavy atom. The predicted molar refractivity (Wildman–Crippen MR) is 156 cm³/mol. The number of fused-ring (bicyclic) bond motifs is 1. The lowest BCUT2D eigenvalue weighted by molar-refractivity contribution is -0.169. The molecule has 0 N–H and O–H groups in total. The molecular weight excluding hydrogens is 540 g/mol. The van der Waals surface area contributed by atoms with Crippen molar-refractivity contribution in [3.05, 3.63) is 114 Å². The summed E-state index contributed by atoms with van der Waals surface area (Å²) in [5.74, 6) is -1.51. The standard InChI is InChI=1S/C32H32N2O6S/c1-22-14-16-25(17-15-22)41(37,38)34-21-27(26-12-8-9-13-28(26)34)29-18-32(30(35)39-3,31(36)40-4)23(2)19-33(29)20-24-10-6-5-7-11-24/h5-17,21,29H,2,18-20H2,1,3-4H3. The van der Waals surface area contributed by atoms with E-state index in [2.05, 4.69) is 11.5 Å². The summed E-state index contributed by atoms with van der Waals surface area (Å²) in [5.41, 5.74) is 1.73. The molecule has 212 valence electrons. The minimum atomic E-state index is -3.96. The predicted octanol–water partition coefficient (Wildman–Crippen LogP) is 5.02. The number of hydrogen-bond acceptors (Lipinski definition) is 7. The van der Waals surface area contributed by atoms with E-state index in [0.29, 0.717) is 28.6 Å². The van der Waals surface area contributed by atoms with Gasteiger partial charge in [0.05, 0.1) is 24.6 Å². The number of hydrogen-bond donors (Lipinski definition) is 0. The number of nitrogens with zero attached hydrogens (tertiary/aromatic N) is 2. The third-order valence-corrected chi connectivity index (χ3v) is 9.57. The molecule has 3 aromatic carbocycles. The summed E-state index contributed by atoms with van der Waals surface area (Å²) in [6, 6.07) is 23.2. The monoisotopic (exact) mass is 572 g/mol. The Morgan fingerprint density at radius 1 is 0.927 bits per heavy atom. The summed E-state index contributed by atoms with van der Waals surface area (Å²) in [6.45, 7) is 6.70. The first-order chi connectivity index (χ1) is 19.6. The van der Waals surface area contributed by atoms with E-state index in [4.69, 9.17) is 9.47 Å². The molecule has 1 aliphatic rings. The minimum absolute atomic E-state index is 0.0312. The van der Waals surface area contributed by atoms with Crippen molar-refractivity contribution in [1.29, 1.82) is 0 Å². The van der Waals surface area contributed by atoms with Crippen molar-refractivity contribution < 1.29 is 27.5 Å². The number of aryl methyl sites for hydroxylation is 1. The van der Waals surface area contributed by atoms with Crippen LogP contribution in [0.4, 0.5) is 0 Å². The smallest absolute Gasteiger partial charge is 0.327 e. The maximum Gasteiger partial charge on any atom is 0.327 e. The van der Waals surface area contributed by atoms with Crippen LogP contribution >= 0.6 is 0 Å². The highest BCUT2D eigenvalue weighted by Gasteiger charge is 2.56. The summed E-state index contributed by atoms with van der Waals surface area (Å²) < 4.78 is 39.3. The van der Waals surface area contributed by atoms with Gasteiger partial charge in [-0.05, 0) is 48.2 Å². The second kappa shape index (κ2) is 11.0. The topological polar surface area (TPSA) is 94.9 Å². The van der Waals surface area contributed by atoms with Gasteiger partial charge in [0.1, 0.15) is 0 Å². The van der Waals surface area contributed by atoms with E-state index in [1.807, 2.05) is 49.4 Å². The molecule has 0 radical (unpaired) electrons. The van der Waals surface area contributed by atoms with E-state index in [-0.39, 0.29) is 17.9 Å². The normalized spacial score (nSPS) is 17.3. The fourth-order valence-electron chi connectivity index (χ4n) is 5.70. The molecule has 1 atom stereocenters. The first-order valence-corrected chi connectivity index (χ1v) is 14.6. The lowest BCUT2D eigenvalue weighted by Crippen LogP contribution is -2.52. The summed E-state index contributed by atoms with van der Waals surface area (Å²) in [5, 5.41) is 0.697. The van der Waals surface area contributed by atoms with Crippen LogP contribution in [0.15, 0.2) is 102 Å². The fraction of sp³-hybridized carbons (Fsp3) is 0.250. The lowest BCUT2D eigenvalue weighted by atomic mass is 9.70. The molecule has 0 bridgehead atoms. The Bertz CT molecular complexity index is 1710. The van der Waals surface area contributed by atoms with Crippen molar-refractivity contribution in [2.75, 3.05) is 20.8 Å². The number of carbonyl (C=O) groups is 2. The maximum atomic E-state index is 13.9. The van der Waals surface area contributed by atoms with E-state index in [9.17, 15) is 18.0 Å². The van der Waals surface area contributed by atoms with Gasteiger partial charge < -0.3 is 9.47 Å². The third kappa shape index (κ3) is 4.85. The number of carbonyl (C=O) groups excluding carboxylic acids is 2. The maximum absolute atomic E-state index is 13.9. The molecule has 2 heterocycles. The lowest BCUT2D eigenvalue weighted by Gasteiger charge is -2.45. The van der Waals surface area contributed by atoms with Gasteiger partial charge in [0.2, 0.25) is 0 Å². The molecule has 9 heteroatoms. The molecule has 0 saturated carbocycles. The van der Waals surface area contributed by atoms with Gasteiger partial charge in [0.15, 0.2) is 5.41 Å². The zero-order valence-corrected chi connectivity index (χ0v) is 24.1. The Morgan fingerprint density at radius 3 is 2.17 bits per heavy atom. The van der Waals surface area contributed by atoms with Gasteiger partial charge in [-0.15, -0.1) is 0 Å². The highest BCUT2D eigenvalue weighted by molar-refractivity contribution is 7.90. The van der Waals surface area contributed by atoms with Crippen molar-refractivity contribution in [2.45, 2.75) is 30.8 Å². The van der Waals surface area contributed by atoms with Crippen molar-refractivity contribution in [2.24, 2.45) is 5.41 Å². The molecule has 1 aliphatic heterocycles. The number of benzene rings is 3. The number of likely N-dealkylation sites (tertiary alicyclic amines) is 1. The molecule has 8 nitrogen and oxygen atoms in total. The Kier molecular flexibility index (Phi) is 7.59. The van der Waals surface area contributed by atoms with E-state index in [1.54, 1.807) is 42.6 Å². The molecule has 0 spiro atoms. The number of rotatable bonds is 7. The van der Waals surface area contributed by atoms with Gasteiger partial charge in [0.25, 0.3) is 10.0 Å². The van der Waals surface area contributed by atoms with Crippen LogP contribution < -0.4 is 0 Å². The molecule has 5 rings (SSSR count). The second-order valence-electron chi connectivity index (χ2n) is 10.3. The molecule has 0 amide bonds.